The van der Waals surface area contributed by atoms with Gasteiger partial charge in [0.05, 0.1) is 12.7 Å². The maximum Gasteiger partial charge on any atom is 0.226 e. The molecule has 1 saturated carbocycles. The molecule has 1 unspecified atom stereocenters. The zero-order valence-electron chi connectivity index (χ0n) is 10.8. The zero-order valence-corrected chi connectivity index (χ0v) is 10.8. The molecule has 4 heteroatoms. The van der Waals surface area contributed by atoms with Crippen LogP contribution in [0, 0.1) is 5.41 Å². The Kier molecular flexibility index (Phi) is 4.40. The van der Waals surface area contributed by atoms with Crippen molar-refractivity contribution in [2.24, 2.45) is 5.41 Å². The average Bonchev–Trinajstić information content (AvgIpc) is 2.87. The first kappa shape index (κ1) is 12.8. The van der Waals surface area contributed by atoms with E-state index in [4.69, 9.17) is 4.74 Å². The summed E-state index contributed by atoms with van der Waals surface area (Å²) in [5.41, 5.74) is -0.0813. The molecule has 0 radical (unpaired) electrons. The second-order valence-electron chi connectivity index (χ2n) is 5.25. The van der Waals surface area contributed by atoms with Crippen LogP contribution in [-0.2, 0) is 9.53 Å². The van der Waals surface area contributed by atoms with Gasteiger partial charge < -0.3 is 15.4 Å². The van der Waals surface area contributed by atoms with E-state index in [0.717, 1.165) is 39.0 Å². The van der Waals surface area contributed by atoms with E-state index in [-0.39, 0.29) is 17.4 Å². The van der Waals surface area contributed by atoms with Crippen LogP contribution in [0.5, 0.6) is 0 Å². The predicted molar refractivity (Wildman–Crippen MR) is 66.8 cm³/mol. The van der Waals surface area contributed by atoms with Crippen LogP contribution < -0.4 is 10.6 Å². The van der Waals surface area contributed by atoms with Crippen molar-refractivity contribution in [2.75, 3.05) is 26.2 Å². The van der Waals surface area contributed by atoms with Crippen molar-refractivity contribution >= 4 is 5.91 Å². The molecule has 2 rings (SSSR count). The SMILES string of the molecule is CCC1(C(=O)NCC2CNCCO2)CCCC1. The maximum absolute atomic E-state index is 12.3. The largest absolute Gasteiger partial charge is 0.374 e. The fourth-order valence-corrected chi connectivity index (χ4v) is 2.94. The number of rotatable bonds is 4. The molecule has 0 bridgehead atoms. The molecule has 1 heterocycles. The summed E-state index contributed by atoms with van der Waals surface area (Å²) in [5, 5.41) is 6.36. The van der Waals surface area contributed by atoms with Gasteiger partial charge in [-0.3, -0.25) is 4.79 Å². The van der Waals surface area contributed by atoms with Crippen molar-refractivity contribution < 1.29 is 9.53 Å². The van der Waals surface area contributed by atoms with Gasteiger partial charge in [0.1, 0.15) is 0 Å². The highest BCUT2D eigenvalue weighted by Crippen LogP contribution is 2.41. The first-order chi connectivity index (χ1) is 8.27. The minimum atomic E-state index is -0.0813. The third kappa shape index (κ3) is 2.99. The van der Waals surface area contributed by atoms with Crippen molar-refractivity contribution in [1.29, 1.82) is 0 Å². The lowest BCUT2D eigenvalue weighted by atomic mass is 9.82. The van der Waals surface area contributed by atoms with Gasteiger partial charge in [-0.25, -0.2) is 0 Å². The molecule has 1 atom stereocenters. The summed E-state index contributed by atoms with van der Waals surface area (Å²) in [6.07, 6.45) is 5.61. The molecule has 1 aliphatic carbocycles. The molecule has 2 aliphatic rings. The first-order valence-corrected chi connectivity index (χ1v) is 6.87. The number of carbonyl (C=O) groups is 1. The van der Waals surface area contributed by atoms with Gasteiger partial charge in [-0.15, -0.1) is 0 Å². The smallest absolute Gasteiger partial charge is 0.226 e. The summed E-state index contributed by atoms with van der Waals surface area (Å²) in [4.78, 5) is 12.3. The van der Waals surface area contributed by atoms with Crippen LogP contribution in [0.25, 0.3) is 0 Å². The number of hydrogen-bond acceptors (Lipinski definition) is 3. The van der Waals surface area contributed by atoms with E-state index in [0.29, 0.717) is 6.54 Å². The Bertz CT molecular complexity index is 256. The Morgan fingerprint density at radius 3 is 2.82 bits per heavy atom. The number of amides is 1. The fourth-order valence-electron chi connectivity index (χ4n) is 2.94. The van der Waals surface area contributed by atoms with E-state index in [1.54, 1.807) is 0 Å². The Morgan fingerprint density at radius 2 is 2.24 bits per heavy atom. The fraction of sp³-hybridized carbons (Fsp3) is 0.923. The summed E-state index contributed by atoms with van der Waals surface area (Å²) in [7, 11) is 0. The highest BCUT2D eigenvalue weighted by Gasteiger charge is 2.39. The monoisotopic (exact) mass is 240 g/mol. The second-order valence-corrected chi connectivity index (χ2v) is 5.25. The molecule has 1 saturated heterocycles. The minimum absolute atomic E-state index is 0.0813. The normalized spacial score (nSPS) is 27.9. The molecule has 4 nitrogen and oxygen atoms in total. The van der Waals surface area contributed by atoms with Gasteiger partial charge in [0.2, 0.25) is 5.91 Å². The van der Waals surface area contributed by atoms with Crippen LogP contribution in [0.4, 0.5) is 0 Å². The van der Waals surface area contributed by atoms with Crippen LogP contribution in [0.15, 0.2) is 0 Å². The molecule has 0 aromatic carbocycles. The van der Waals surface area contributed by atoms with Crippen LogP contribution in [0.3, 0.4) is 0 Å². The van der Waals surface area contributed by atoms with E-state index >= 15 is 0 Å². The molecular formula is C13H24N2O2. The van der Waals surface area contributed by atoms with Crippen molar-refractivity contribution in [2.45, 2.75) is 45.1 Å². The van der Waals surface area contributed by atoms with Crippen molar-refractivity contribution in [3.8, 4) is 0 Å². The van der Waals surface area contributed by atoms with E-state index in [2.05, 4.69) is 17.6 Å². The maximum atomic E-state index is 12.3. The van der Waals surface area contributed by atoms with Gasteiger partial charge in [-0.05, 0) is 19.3 Å². The van der Waals surface area contributed by atoms with Crippen LogP contribution >= 0.6 is 0 Å². The molecule has 2 N–H and O–H groups in total. The van der Waals surface area contributed by atoms with Crippen LogP contribution in [-0.4, -0.2) is 38.3 Å². The summed E-state index contributed by atoms with van der Waals surface area (Å²) >= 11 is 0. The Balaban J connectivity index is 1.79. The van der Waals surface area contributed by atoms with Gasteiger partial charge in [0.25, 0.3) is 0 Å². The van der Waals surface area contributed by atoms with Crippen molar-refractivity contribution in [3.05, 3.63) is 0 Å². The van der Waals surface area contributed by atoms with Gasteiger partial charge in [-0.1, -0.05) is 19.8 Å². The number of ether oxygens (including phenoxy) is 1. The van der Waals surface area contributed by atoms with Crippen LogP contribution in [0.1, 0.15) is 39.0 Å². The summed E-state index contributed by atoms with van der Waals surface area (Å²) in [5.74, 6) is 0.242. The van der Waals surface area contributed by atoms with E-state index < -0.39 is 0 Å². The highest BCUT2D eigenvalue weighted by molar-refractivity contribution is 5.82. The molecule has 98 valence electrons. The Labute approximate surface area is 103 Å². The van der Waals surface area contributed by atoms with E-state index in [1.807, 2.05) is 0 Å². The Hall–Kier alpha value is -0.610. The molecule has 17 heavy (non-hydrogen) atoms. The zero-order chi connectivity index (χ0) is 12.1. The molecular weight excluding hydrogens is 216 g/mol. The Morgan fingerprint density at radius 1 is 1.47 bits per heavy atom. The van der Waals surface area contributed by atoms with Crippen molar-refractivity contribution in [1.82, 2.24) is 10.6 Å². The van der Waals surface area contributed by atoms with Crippen LogP contribution in [0.2, 0.25) is 0 Å². The lowest BCUT2D eigenvalue weighted by Gasteiger charge is -2.29. The predicted octanol–water partition coefficient (Wildman–Crippen LogP) is 1.06. The number of nitrogens with one attached hydrogen (secondary N) is 2. The van der Waals surface area contributed by atoms with Gasteiger partial charge in [0.15, 0.2) is 0 Å². The second kappa shape index (κ2) is 5.83. The number of morpholine rings is 1. The number of carbonyl (C=O) groups excluding carboxylic acids is 1. The quantitative estimate of drug-likeness (QED) is 0.772. The lowest BCUT2D eigenvalue weighted by Crippen LogP contribution is -2.48. The highest BCUT2D eigenvalue weighted by atomic mass is 16.5. The van der Waals surface area contributed by atoms with E-state index in [1.165, 1.54) is 12.8 Å². The molecule has 2 fully saturated rings. The molecule has 1 amide bonds. The van der Waals surface area contributed by atoms with Gasteiger partial charge >= 0.3 is 0 Å². The minimum Gasteiger partial charge on any atom is -0.374 e. The molecule has 0 aromatic heterocycles. The van der Waals surface area contributed by atoms with Crippen molar-refractivity contribution in [3.63, 3.8) is 0 Å². The number of hydrogen-bond donors (Lipinski definition) is 2. The van der Waals surface area contributed by atoms with Gasteiger partial charge in [0, 0.05) is 25.0 Å². The third-order valence-corrected chi connectivity index (χ3v) is 4.21. The van der Waals surface area contributed by atoms with E-state index in [9.17, 15) is 4.79 Å². The third-order valence-electron chi connectivity index (χ3n) is 4.21. The standard InChI is InChI=1S/C13H24N2O2/c1-2-13(5-3-4-6-13)12(16)15-10-11-9-14-7-8-17-11/h11,14H,2-10H2,1H3,(H,15,16). The topological polar surface area (TPSA) is 50.4 Å². The van der Waals surface area contributed by atoms with Gasteiger partial charge in [-0.2, -0.15) is 0 Å². The summed E-state index contributed by atoms with van der Waals surface area (Å²) < 4.78 is 5.58. The summed E-state index contributed by atoms with van der Waals surface area (Å²) in [6, 6.07) is 0. The molecule has 0 spiro atoms. The molecule has 1 aliphatic heterocycles. The molecule has 0 aromatic rings. The first-order valence-electron chi connectivity index (χ1n) is 6.87. The summed E-state index contributed by atoms with van der Waals surface area (Å²) in [6.45, 7) is 5.29. The average molecular weight is 240 g/mol. The lowest BCUT2D eigenvalue weighted by molar-refractivity contribution is -0.131.